The van der Waals surface area contributed by atoms with Crippen LogP contribution in [0.1, 0.15) is 11.1 Å². The number of anilines is 1. The molecule has 3 aromatic rings. The van der Waals surface area contributed by atoms with Crippen molar-refractivity contribution in [3.05, 3.63) is 92.5 Å². The molecule has 0 saturated carbocycles. The number of sulfonamides is 1. The highest BCUT2D eigenvalue weighted by Crippen LogP contribution is 2.23. The van der Waals surface area contributed by atoms with Crippen molar-refractivity contribution in [2.45, 2.75) is 18.4 Å². The average molecular weight is 555 g/mol. The largest absolute Gasteiger partial charge is 0.325 e. The highest BCUT2D eigenvalue weighted by molar-refractivity contribution is 14.1. The van der Waals surface area contributed by atoms with Crippen LogP contribution in [0.15, 0.2) is 77.7 Å². The third-order valence-corrected chi connectivity index (χ3v) is 7.31. The normalized spacial score (nSPS) is 11.5. The summed E-state index contributed by atoms with van der Waals surface area (Å²) in [6.07, 6.45) is 0. The number of amides is 1. The van der Waals surface area contributed by atoms with Crippen molar-refractivity contribution in [2.75, 3.05) is 11.9 Å². The second-order valence-corrected chi connectivity index (χ2v) is 10.3. The first-order valence-electron chi connectivity index (χ1n) is 9.11. The van der Waals surface area contributed by atoms with Crippen molar-refractivity contribution >= 4 is 55.8 Å². The Morgan fingerprint density at radius 1 is 1.00 bits per heavy atom. The molecule has 8 heteroatoms. The minimum atomic E-state index is -3.91. The van der Waals surface area contributed by atoms with E-state index in [-0.39, 0.29) is 18.0 Å². The van der Waals surface area contributed by atoms with Gasteiger partial charge in [0.1, 0.15) is 0 Å². The summed E-state index contributed by atoms with van der Waals surface area (Å²) in [5.74, 6) is -0.432. The molecule has 30 heavy (non-hydrogen) atoms. The number of nitrogens with one attached hydrogen (secondary N) is 1. The molecule has 0 atom stereocenters. The standard InChI is InChI=1S/C22H20ClIN2O3S/c1-16-6-12-20(13-7-16)30(28,29)26(14-17-4-2-3-5-21(17)23)15-22(27)25-19-10-8-18(24)9-11-19/h2-13H,14-15H2,1H3,(H,25,27). The van der Waals surface area contributed by atoms with E-state index in [1.165, 1.54) is 0 Å². The van der Waals surface area contributed by atoms with E-state index >= 15 is 0 Å². The zero-order valence-corrected chi connectivity index (χ0v) is 19.9. The molecule has 1 N–H and O–H groups in total. The van der Waals surface area contributed by atoms with Crippen molar-refractivity contribution in [3.8, 4) is 0 Å². The van der Waals surface area contributed by atoms with Gasteiger partial charge >= 0.3 is 0 Å². The van der Waals surface area contributed by atoms with Gasteiger partial charge in [0.2, 0.25) is 15.9 Å². The second kappa shape index (κ2) is 9.91. The topological polar surface area (TPSA) is 66.5 Å². The maximum Gasteiger partial charge on any atom is 0.243 e. The Morgan fingerprint density at radius 2 is 1.63 bits per heavy atom. The van der Waals surface area contributed by atoms with Crippen LogP contribution in [0.2, 0.25) is 5.02 Å². The molecule has 0 heterocycles. The fourth-order valence-corrected chi connectivity index (χ4v) is 4.73. The fourth-order valence-electron chi connectivity index (χ4n) is 2.80. The lowest BCUT2D eigenvalue weighted by Crippen LogP contribution is -2.37. The number of halogens is 2. The lowest BCUT2D eigenvalue weighted by molar-refractivity contribution is -0.116. The van der Waals surface area contributed by atoms with E-state index in [9.17, 15) is 13.2 Å². The first-order valence-corrected chi connectivity index (χ1v) is 12.0. The Labute approximate surface area is 195 Å². The summed E-state index contributed by atoms with van der Waals surface area (Å²) < 4.78 is 28.8. The van der Waals surface area contributed by atoms with Gasteiger partial charge < -0.3 is 5.32 Å². The van der Waals surface area contributed by atoms with Crippen molar-refractivity contribution < 1.29 is 13.2 Å². The Morgan fingerprint density at radius 3 is 2.27 bits per heavy atom. The van der Waals surface area contributed by atoms with E-state index in [0.717, 1.165) is 13.4 Å². The SMILES string of the molecule is Cc1ccc(S(=O)(=O)N(CC(=O)Nc2ccc(I)cc2)Cc2ccccc2Cl)cc1. The minimum absolute atomic E-state index is 0.0179. The summed E-state index contributed by atoms with van der Waals surface area (Å²) in [6, 6.07) is 20.8. The number of nitrogens with zero attached hydrogens (tertiary/aromatic N) is 1. The van der Waals surface area contributed by atoms with Gasteiger partial charge in [0.05, 0.1) is 11.4 Å². The highest BCUT2D eigenvalue weighted by atomic mass is 127. The van der Waals surface area contributed by atoms with Gasteiger partial charge in [-0.3, -0.25) is 4.79 Å². The second-order valence-electron chi connectivity index (χ2n) is 6.73. The number of carbonyl (C=O) groups excluding carboxylic acids is 1. The van der Waals surface area contributed by atoms with Crippen molar-refractivity contribution in [1.82, 2.24) is 4.31 Å². The molecule has 0 unspecified atom stereocenters. The first-order chi connectivity index (χ1) is 14.3. The molecule has 0 bridgehead atoms. The van der Waals surface area contributed by atoms with Gasteiger partial charge in [0.15, 0.2) is 0 Å². The molecule has 0 aliphatic carbocycles. The predicted molar refractivity (Wildman–Crippen MR) is 128 cm³/mol. The van der Waals surface area contributed by atoms with Gasteiger partial charge in [-0.05, 0) is 77.5 Å². The summed E-state index contributed by atoms with van der Waals surface area (Å²) in [6.45, 7) is 1.52. The number of hydrogen-bond donors (Lipinski definition) is 1. The molecule has 0 aromatic heterocycles. The van der Waals surface area contributed by atoms with Crippen LogP contribution in [0.5, 0.6) is 0 Å². The van der Waals surface area contributed by atoms with Crippen LogP contribution in [0, 0.1) is 10.5 Å². The third-order valence-electron chi connectivity index (χ3n) is 4.41. The highest BCUT2D eigenvalue weighted by Gasteiger charge is 2.27. The van der Waals surface area contributed by atoms with Crippen molar-refractivity contribution in [3.63, 3.8) is 0 Å². The Bertz CT molecular complexity index is 1130. The van der Waals surface area contributed by atoms with Crippen molar-refractivity contribution in [1.29, 1.82) is 0 Å². The Hall–Kier alpha value is -1.94. The number of rotatable bonds is 7. The monoisotopic (exact) mass is 554 g/mol. The van der Waals surface area contributed by atoms with Gasteiger partial charge in [-0.15, -0.1) is 0 Å². The van der Waals surface area contributed by atoms with Gasteiger partial charge in [-0.25, -0.2) is 8.42 Å². The van der Waals surface area contributed by atoms with E-state index in [2.05, 4.69) is 27.9 Å². The van der Waals surface area contributed by atoms with Crippen LogP contribution in [-0.4, -0.2) is 25.2 Å². The molecule has 0 aliphatic heterocycles. The van der Waals surface area contributed by atoms with E-state index in [1.807, 2.05) is 19.1 Å². The summed E-state index contributed by atoms with van der Waals surface area (Å²) >= 11 is 8.42. The lowest BCUT2D eigenvalue weighted by atomic mass is 10.2. The summed E-state index contributed by atoms with van der Waals surface area (Å²) in [7, 11) is -3.91. The zero-order chi connectivity index (χ0) is 21.7. The number of carbonyl (C=O) groups is 1. The molecule has 0 aliphatic rings. The zero-order valence-electron chi connectivity index (χ0n) is 16.2. The minimum Gasteiger partial charge on any atom is -0.325 e. The van der Waals surface area contributed by atoms with E-state index in [1.54, 1.807) is 60.7 Å². The average Bonchev–Trinajstić information content (AvgIpc) is 2.71. The molecule has 3 aromatic carbocycles. The van der Waals surface area contributed by atoms with E-state index < -0.39 is 15.9 Å². The molecular weight excluding hydrogens is 535 g/mol. The quantitative estimate of drug-likeness (QED) is 0.414. The van der Waals surface area contributed by atoms with Gasteiger partial charge in [0.25, 0.3) is 0 Å². The summed E-state index contributed by atoms with van der Waals surface area (Å²) in [4.78, 5) is 12.8. The molecule has 1 amide bonds. The van der Waals surface area contributed by atoms with Crippen LogP contribution in [-0.2, 0) is 21.4 Å². The molecule has 3 rings (SSSR count). The predicted octanol–water partition coefficient (Wildman–Crippen LogP) is 5.08. The first kappa shape index (κ1) is 22.7. The lowest BCUT2D eigenvalue weighted by Gasteiger charge is -2.22. The molecule has 156 valence electrons. The fraction of sp³-hybridized carbons (Fsp3) is 0.136. The summed E-state index contributed by atoms with van der Waals surface area (Å²) in [5, 5.41) is 3.20. The smallest absolute Gasteiger partial charge is 0.243 e. The van der Waals surface area contributed by atoms with Crippen LogP contribution in [0.3, 0.4) is 0 Å². The third kappa shape index (κ3) is 5.81. The molecule has 5 nitrogen and oxygen atoms in total. The maximum absolute atomic E-state index is 13.3. The van der Waals surface area contributed by atoms with Gasteiger partial charge in [0, 0.05) is 20.8 Å². The van der Waals surface area contributed by atoms with Crippen LogP contribution in [0.4, 0.5) is 5.69 Å². The molecular formula is C22H20ClIN2O3S. The number of benzene rings is 3. The molecule has 0 spiro atoms. The molecule has 0 radical (unpaired) electrons. The molecule has 0 fully saturated rings. The Balaban J connectivity index is 1.88. The van der Waals surface area contributed by atoms with Crippen LogP contribution < -0.4 is 5.32 Å². The van der Waals surface area contributed by atoms with E-state index in [0.29, 0.717) is 16.3 Å². The number of aryl methyl sites for hydroxylation is 1. The van der Waals surface area contributed by atoms with Crippen molar-refractivity contribution in [2.24, 2.45) is 0 Å². The number of hydrogen-bond acceptors (Lipinski definition) is 3. The van der Waals surface area contributed by atoms with Crippen LogP contribution in [0.25, 0.3) is 0 Å². The Kier molecular flexibility index (Phi) is 7.51. The molecule has 0 saturated heterocycles. The maximum atomic E-state index is 13.3. The summed E-state index contributed by atoms with van der Waals surface area (Å²) in [5.41, 5.74) is 2.17. The van der Waals surface area contributed by atoms with E-state index in [4.69, 9.17) is 11.6 Å². The van der Waals surface area contributed by atoms with Gasteiger partial charge in [-0.2, -0.15) is 4.31 Å². The van der Waals surface area contributed by atoms with Crippen LogP contribution >= 0.6 is 34.2 Å². The van der Waals surface area contributed by atoms with Gasteiger partial charge in [-0.1, -0.05) is 47.5 Å².